The maximum atomic E-state index is 12.7. The number of benzene rings is 1. The van der Waals surface area contributed by atoms with E-state index in [1.807, 2.05) is 0 Å². The summed E-state index contributed by atoms with van der Waals surface area (Å²) in [7, 11) is 1.25. The van der Waals surface area contributed by atoms with E-state index in [0.29, 0.717) is 5.02 Å². The Labute approximate surface area is 154 Å². The van der Waals surface area contributed by atoms with Crippen LogP contribution in [0.1, 0.15) is 15.9 Å². The number of nitrogens with zero attached hydrogens (tertiary/aromatic N) is 2. The van der Waals surface area contributed by atoms with E-state index in [9.17, 15) is 9.59 Å². The predicted octanol–water partition coefficient (Wildman–Crippen LogP) is 3.86. The Kier molecular flexibility index (Phi) is 6.43. The first kappa shape index (κ1) is 18.5. The first-order valence-electron chi connectivity index (χ1n) is 6.83. The van der Waals surface area contributed by atoms with Crippen molar-refractivity contribution in [2.24, 2.45) is 0 Å². The van der Waals surface area contributed by atoms with Gasteiger partial charge in [-0.25, -0.2) is 4.98 Å². The van der Waals surface area contributed by atoms with Crippen molar-refractivity contribution >= 4 is 46.7 Å². The SMILES string of the molecule is COC(=O)CN(Cc1ccc(Cl)cc1)C(=O)c1ccc(Cl)nc1Cl. The molecule has 2 aromatic rings. The molecule has 1 heterocycles. The molecule has 1 aromatic carbocycles. The van der Waals surface area contributed by atoms with Gasteiger partial charge >= 0.3 is 5.97 Å². The van der Waals surface area contributed by atoms with Crippen LogP contribution in [0.5, 0.6) is 0 Å². The molecule has 1 amide bonds. The second-order valence-electron chi connectivity index (χ2n) is 4.84. The third-order valence-electron chi connectivity index (χ3n) is 3.17. The zero-order valence-corrected chi connectivity index (χ0v) is 14.9. The molecule has 0 aliphatic heterocycles. The molecule has 24 heavy (non-hydrogen) atoms. The minimum atomic E-state index is -0.546. The minimum Gasteiger partial charge on any atom is -0.468 e. The lowest BCUT2D eigenvalue weighted by Crippen LogP contribution is -2.36. The van der Waals surface area contributed by atoms with Crippen LogP contribution in [0, 0.1) is 0 Å². The zero-order valence-electron chi connectivity index (χ0n) is 12.6. The lowest BCUT2D eigenvalue weighted by molar-refractivity contribution is -0.141. The molecular formula is C16H13Cl3N2O3. The summed E-state index contributed by atoms with van der Waals surface area (Å²) in [4.78, 5) is 29.5. The Morgan fingerprint density at radius 1 is 1.08 bits per heavy atom. The van der Waals surface area contributed by atoms with Crippen molar-refractivity contribution in [1.82, 2.24) is 9.88 Å². The number of amides is 1. The topological polar surface area (TPSA) is 59.5 Å². The summed E-state index contributed by atoms with van der Waals surface area (Å²) in [6.07, 6.45) is 0. The number of halogens is 3. The molecule has 2 rings (SSSR count). The second-order valence-corrected chi connectivity index (χ2v) is 6.02. The van der Waals surface area contributed by atoms with E-state index in [1.54, 1.807) is 24.3 Å². The number of aromatic nitrogens is 1. The Balaban J connectivity index is 2.28. The fourth-order valence-corrected chi connectivity index (χ4v) is 2.52. The highest BCUT2D eigenvalue weighted by atomic mass is 35.5. The molecule has 0 atom stereocenters. The first-order chi connectivity index (χ1) is 11.4. The molecule has 0 fully saturated rings. The number of esters is 1. The van der Waals surface area contributed by atoms with Crippen molar-refractivity contribution in [2.75, 3.05) is 13.7 Å². The number of pyridine rings is 1. The van der Waals surface area contributed by atoms with E-state index in [-0.39, 0.29) is 29.0 Å². The summed E-state index contributed by atoms with van der Waals surface area (Å²) >= 11 is 17.6. The number of hydrogen-bond acceptors (Lipinski definition) is 4. The minimum absolute atomic E-state index is 0.0292. The van der Waals surface area contributed by atoms with Crippen LogP contribution in [0.2, 0.25) is 15.3 Å². The number of methoxy groups -OCH3 is 1. The smallest absolute Gasteiger partial charge is 0.325 e. The molecule has 0 unspecified atom stereocenters. The van der Waals surface area contributed by atoms with Gasteiger partial charge in [-0.05, 0) is 29.8 Å². The van der Waals surface area contributed by atoms with Gasteiger partial charge in [0.05, 0.1) is 12.7 Å². The van der Waals surface area contributed by atoms with Gasteiger partial charge in [-0.15, -0.1) is 0 Å². The summed E-state index contributed by atoms with van der Waals surface area (Å²) in [5, 5.41) is 0.724. The van der Waals surface area contributed by atoms with E-state index in [1.165, 1.54) is 24.1 Å². The molecule has 0 saturated heterocycles. The largest absolute Gasteiger partial charge is 0.468 e. The van der Waals surface area contributed by atoms with Crippen molar-refractivity contribution in [1.29, 1.82) is 0 Å². The summed E-state index contributed by atoms with van der Waals surface area (Å²) in [5.74, 6) is -1.00. The summed E-state index contributed by atoms with van der Waals surface area (Å²) in [6, 6.07) is 9.86. The molecule has 0 saturated carbocycles. The molecule has 126 valence electrons. The lowest BCUT2D eigenvalue weighted by Gasteiger charge is -2.22. The van der Waals surface area contributed by atoms with Crippen LogP contribution >= 0.6 is 34.8 Å². The van der Waals surface area contributed by atoms with Crippen LogP contribution in [0.3, 0.4) is 0 Å². The van der Waals surface area contributed by atoms with Gasteiger partial charge in [0.25, 0.3) is 5.91 Å². The third-order valence-corrected chi connectivity index (χ3v) is 3.92. The van der Waals surface area contributed by atoms with E-state index in [0.717, 1.165) is 5.56 Å². The number of carbonyl (C=O) groups is 2. The van der Waals surface area contributed by atoms with Crippen LogP contribution in [0.25, 0.3) is 0 Å². The fraction of sp³-hybridized carbons (Fsp3) is 0.188. The maximum Gasteiger partial charge on any atom is 0.325 e. The van der Waals surface area contributed by atoms with Gasteiger partial charge in [0.15, 0.2) is 0 Å². The van der Waals surface area contributed by atoms with Crippen LogP contribution in [0.15, 0.2) is 36.4 Å². The fourth-order valence-electron chi connectivity index (χ4n) is 1.97. The monoisotopic (exact) mass is 386 g/mol. The molecule has 0 bridgehead atoms. The van der Waals surface area contributed by atoms with Crippen molar-refractivity contribution < 1.29 is 14.3 Å². The van der Waals surface area contributed by atoms with E-state index < -0.39 is 11.9 Å². The number of hydrogen-bond donors (Lipinski definition) is 0. The number of ether oxygens (including phenoxy) is 1. The van der Waals surface area contributed by atoms with Gasteiger partial charge in [-0.1, -0.05) is 46.9 Å². The summed E-state index contributed by atoms with van der Waals surface area (Å²) in [5.41, 5.74) is 0.952. The third kappa shape index (κ3) is 4.84. The highest BCUT2D eigenvalue weighted by molar-refractivity contribution is 6.34. The van der Waals surface area contributed by atoms with Crippen LogP contribution in [0.4, 0.5) is 0 Å². The van der Waals surface area contributed by atoms with Gasteiger partial charge in [0, 0.05) is 11.6 Å². The molecule has 8 heteroatoms. The highest BCUT2D eigenvalue weighted by Crippen LogP contribution is 2.20. The lowest BCUT2D eigenvalue weighted by atomic mass is 10.2. The standard InChI is InChI=1S/C16H13Cl3N2O3/c1-24-14(22)9-21(8-10-2-4-11(17)5-3-10)16(23)12-6-7-13(18)20-15(12)19/h2-7H,8-9H2,1H3. The van der Waals surface area contributed by atoms with Crippen LogP contribution in [-0.4, -0.2) is 35.4 Å². The molecule has 1 aromatic heterocycles. The van der Waals surface area contributed by atoms with Gasteiger partial charge in [-0.3, -0.25) is 9.59 Å². The van der Waals surface area contributed by atoms with Gasteiger partial charge in [0.2, 0.25) is 0 Å². The van der Waals surface area contributed by atoms with Crippen LogP contribution < -0.4 is 0 Å². The molecule has 5 nitrogen and oxygen atoms in total. The first-order valence-corrected chi connectivity index (χ1v) is 7.96. The molecule has 0 spiro atoms. The van der Waals surface area contributed by atoms with E-state index in [4.69, 9.17) is 34.8 Å². The average molecular weight is 388 g/mol. The molecule has 0 aliphatic rings. The van der Waals surface area contributed by atoms with Crippen molar-refractivity contribution in [3.05, 3.63) is 62.9 Å². The van der Waals surface area contributed by atoms with Crippen molar-refractivity contribution in [3.8, 4) is 0 Å². The van der Waals surface area contributed by atoms with Crippen molar-refractivity contribution in [3.63, 3.8) is 0 Å². The van der Waals surface area contributed by atoms with E-state index >= 15 is 0 Å². The molecular weight excluding hydrogens is 375 g/mol. The Morgan fingerprint density at radius 2 is 1.75 bits per heavy atom. The second kappa shape index (κ2) is 8.33. The predicted molar refractivity (Wildman–Crippen MR) is 92.5 cm³/mol. The Bertz CT molecular complexity index is 751. The zero-order chi connectivity index (χ0) is 17.7. The Hall–Kier alpha value is -1.82. The number of rotatable bonds is 5. The number of carbonyl (C=O) groups excluding carboxylic acids is 2. The van der Waals surface area contributed by atoms with Crippen molar-refractivity contribution in [2.45, 2.75) is 6.54 Å². The molecule has 0 radical (unpaired) electrons. The molecule has 0 aliphatic carbocycles. The van der Waals surface area contributed by atoms with Gasteiger partial charge < -0.3 is 9.64 Å². The molecule has 0 N–H and O–H groups in total. The average Bonchev–Trinajstić information content (AvgIpc) is 2.55. The highest BCUT2D eigenvalue weighted by Gasteiger charge is 2.22. The Morgan fingerprint density at radius 3 is 2.33 bits per heavy atom. The van der Waals surface area contributed by atoms with Gasteiger partial charge in [-0.2, -0.15) is 0 Å². The maximum absolute atomic E-state index is 12.7. The van der Waals surface area contributed by atoms with E-state index in [2.05, 4.69) is 9.72 Å². The summed E-state index contributed by atoms with van der Waals surface area (Å²) < 4.78 is 4.65. The van der Waals surface area contributed by atoms with Crippen LogP contribution in [-0.2, 0) is 16.1 Å². The van der Waals surface area contributed by atoms with Gasteiger partial charge in [0.1, 0.15) is 16.9 Å². The normalized spacial score (nSPS) is 10.3. The quantitative estimate of drug-likeness (QED) is 0.577. The summed E-state index contributed by atoms with van der Waals surface area (Å²) in [6.45, 7) is -0.0407.